The van der Waals surface area contributed by atoms with Crippen molar-refractivity contribution >= 4 is 27.6 Å². The first kappa shape index (κ1) is 15.2. The Morgan fingerprint density at radius 3 is 2.52 bits per heavy atom. The number of carboxylic acids is 1. The third-order valence-electron chi connectivity index (χ3n) is 3.09. The minimum atomic E-state index is -1.03. The Morgan fingerprint density at radius 2 is 2.00 bits per heavy atom. The molecule has 0 radical (unpaired) electrons. The zero-order valence-electron chi connectivity index (χ0n) is 11.4. The van der Waals surface area contributed by atoms with Gasteiger partial charge in [-0.2, -0.15) is 0 Å². The maximum atomic E-state index is 11.3. The van der Waals surface area contributed by atoms with E-state index in [0.29, 0.717) is 15.7 Å². The van der Waals surface area contributed by atoms with Crippen molar-refractivity contribution in [3.8, 4) is 11.3 Å². The summed E-state index contributed by atoms with van der Waals surface area (Å²) in [5, 5.41) is 20.2. The van der Waals surface area contributed by atoms with Gasteiger partial charge in [-0.1, -0.05) is 6.07 Å². The molecule has 1 N–H and O–H groups in total. The summed E-state index contributed by atoms with van der Waals surface area (Å²) < 4.78 is 2.03. The number of nitrogens with zero attached hydrogens (tertiary/aromatic N) is 2. The first-order chi connectivity index (χ1) is 9.82. The minimum Gasteiger partial charge on any atom is -0.477 e. The third kappa shape index (κ3) is 2.82. The van der Waals surface area contributed by atoms with E-state index in [1.165, 1.54) is 12.1 Å². The number of carbonyl (C=O) groups is 1. The zero-order chi connectivity index (χ0) is 15.7. The smallest absolute Gasteiger partial charge is 0.352 e. The minimum absolute atomic E-state index is 0.0547. The van der Waals surface area contributed by atoms with E-state index in [0.717, 1.165) is 0 Å². The van der Waals surface area contributed by atoms with Crippen LogP contribution in [0.2, 0.25) is 0 Å². The van der Waals surface area contributed by atoms with Crippen LogP contribution in [-0.2, 0) is 0 Å². The molecule has 0 atom stereocenters. The summed E-state index contributed by atoms with van der Waals surface area (Å²) >= 11 is 3.14. The van der Waals surface area contributed by atoms with E-state index >= 15 is 0 Å². The molecule has 21 heavy (non-hydrogen) atoms. The molecule has 1 heterocycles. The summed E-state index contributed by atoms with van der Waals surface area (Å²) in [4.78, 5) is 21.8. The highest BCUT2D eigenvalue weighted by molar-refractivity contribution is 9.10. The number of nitro groups is 1. The van der Waals surface area contributed by atoms with Crippen molar-refractivity contribution in [2.45, 2.75) is 19.9 Å². The fourth-order valence-electron chi connectivity index (χ4n) is 2.23. The van der Waals surface area contributed by atoms with E-state index in [2.05, 4.69) is 15.9 Å². The van der Waals surface area contributed by atoms with E-state index in [1.807, 2.05) is 13.8 Å². The highest BCUT2D eigenvalue weighted by Crippen LogP contribution is 2.33. The maximum absolute atomic E-state index is 11.3. The normalized spacial score (nSPS) is 10.9. The molecule has 2 aromatic rings. The van der Waals surface area contributed by atoms with Crippen molar-refractivity contribution in [1.29, 1.82) is 0 Å². The topological polar surface area (TPSA) is 85.4 Å². The van der Waals surface area contributed by atoms with Gasteiger partial charge in [-0.05, 0) is 48.0 Å². The van der Waals surface area contributed by atoms with Gasteiger partial charge >= 0.3 is 5.97 Å². The van der Waals surface area contributed by atoms with Crippen molar-refractivity contribution in [2.24, 2.45) is 0 Å². The first-order valence-corrected chi connectivity index (χ1v) is 7.01. The zero-order valence-corrected chi connectivity index (χ0v) is 13.0. The van der Waals surface area contributed by atoms with Gasteiger partial charge in [0.2, 0.25) is 0 Å². The molecule has 0 bridgehead atoms. The Hall–Kier alpha value is -2.15. The van der Waals surface area contributed by atoms with Crippen LogP contribution in [0.5, 0.6) is 0 Å². The van der Waals surface area contributed by atoms with Gasteiger partial charge in [0.15, 0.2) is 0 Å². The average Bonchev–Trinajstić information content (AvgIpc) is 2.83. The molecule has 1 aromatic heterocycles. The van der Waals surface area contributed by atoms with Crippen LogP contribution in [0.25, 0.3) is 11.3 Å². The number of aromatic nitrogens is 1. The van der Waals surface area contributed by atoms with E-state index in [9.17, 15) is 20.0 Å². The number of aromatic carboxylic acids is 1. The van der Waals surface area contributed by atoms with Crippen LogP contribution in [0.3, 0.4) is 0 Å². The molecule has 0 fully saturated rings. The lowest BCUT2D eigenvalue weighted by Gasteiger charge is -2.15. The van der Waals surface area contributed by atoms with Crippen molar-refractivity contribution in [2.75, 3.05) is 0 Å². The molecule has 0 aliphatic carbocycles. The number of halogens is 1. The molecule has 110 valence electrons. The lowest BCUT2D eigenvalue weighted by atomic mass is 10.1. The molecular formula is C14H13BrN2O4. The van der Waals surface area contributed by atoms with Gasteiger partial charge in [-0.3, -0.25) is 10.1 Å². The highest BCUT2D eigenvalue weighted by Gasteiger charge is 2.20. The van der Waals surface area contributed by atoms with Gasteiger partial charge in [-0.15, -0.1) is 0 Å². The predicted molar refractivity (Wildman–Crippen MR) is 81.6 cm³/mol. The van der Waals surface area contributed by atoms with Crippen LogP contribution in [-0.4, -0.2) is 20.6 Å². The van der Waals surface area contributed by atoms with Crippen molar-refractivity contribution < 1.29 is 14.8 Å². The number of hydrogen-bond donors (Lipinski definition) is 1. The quantitative estimate of drug-likeness (QED) is 0.662. The van der Waals surface area contributed by atoms with Crippen LogP contribution < -0.4 is 0 Å². The van der Waals surface area contributed by atoms with Crippen LogP contribution in [0, 0.1) is 10.1 Å². The molecule has 2 rings (SSSR count). The SMILES string of the molecule is CC(C)n1c(C(=O)O)ccc1-c1ccc(Br)c([N+](=O)[O-])c1. The molecule has 1 aromatic carbocycles. The van der Waals surface area contributed by atoms with Crippen LogP contribution in [0.4, 0.5) is 5.69 Å². The highest BCUT2D eigenvalue weighted by atomic mass is 79.9. The Balaban J connectivity index is 2.65. The summed E-state index contributed by atoms with van der Waals surface area (Å²) in [5.41, 5.74) is 1.34. The van der Waals surface area contributed by atoms with Gasteiger partial charge in [-0.25, -0.2) is 4.79 Å². The van der Waals surface area contributed by atoms with Crippen LogP contribution in [0.1, 0.15) is 30.4 Å². The second kappa shape index (κ2) is 5.69. The molecule has 0 aliphatic rings. The van der Waals surface area contributed by atoms with Crippen LogP contribution >= 0.6 is 15.9 Å². The van der Waals surface area contributed by atoms with Crippen molar-refractivity contribution in [3.05, 3.63) is 50.6 Å². The molecule has 0 amide bonds. The molecule has 7 heteroatoms. The fraction of sp³-hybridized carbons (Fsp3) is 0.214. The number of benzene rings is 1. The standard InChI is InChI=1S/C14H13BrN2O4/c1-8(2)16-11(5-6-12(16)14(18)19)9-3-4-10(15)13(7-9)17(20)21/h3-8H,1-2H3,(H,18,19). The summed E-state index contributed by atoms with van der Waals surface area (Å²) in [6, 6.07) is 7.83. The third-order valence-corrected chi connectivity index (χ3v) is 3.76. The number of nitro benzene ring substituents is 1. The second-order valence-electron chi connectivity index (χ2n) is 4.80. The molecule has 0 unspecified atom stereocenters. The molecule has 0 spiro atoms. The summed E-state index contributed by atoms with van der Waals surface area (Å²) in [5.74, 6) is -1.03. The monoisotopic (exact) mass is 352 g/mol. The van der Waals surface area contributed by atoms with Crippen LogP contribution in [0.15, 0.2) is 34.8 Å². The van der Waals surface area contributed by atoms with Gasteiger partial charge in [0.25, 0.3) is 5.69 Å². The molecule has 0 aliphatic heterocycles. The fourth-order valence-corrected chi connectivity index (χ4v) is 2.62. The van der Waals surface area contributed by atoms with E-state index in [4.69, 9.17) is 0 Å². The van der Waals surface area contributed by atoms with E-state index in [1.54, 1.807) is 22.8 Å². The maximum Gasteiger partial charge on any atom is 0.352 e. The van der Waals surface area contributed by atoms with E-state index in [-0.39, 0.29) is 17.4 Å². The molecule has 0 saturated carbocycles. The van der Waals surface area contributed by atoms with Gasteiger partial charge in [0.1, 0.15) is 5.69 Å². The Bertz CT molecular complexity index is 722. The Kier molecular flexibility index (Phi) is 4.13. The largest absolute Gasteiger partial charge is 0.477 e. The predicted octanol–water partition coefficient (Wildman–Crippen LogP) is 4.10. The average molecular weight is 353 g/mol. The Labute approximate surface area is 129 Å². The number of hydrogen-bond acceptors (Lipinski definition) is 3. The van der Waals surface area contributed by atoms with Gasteiger partial charge < -0.3 is 9.67 Å². The molecule has 6 nitrogen and oxygen atoms in total. The lowest BCUT2D eigenvalue weighted by Crippen LogP contribution is -2.11. The summed E-state index contributed by atoms with van der Waals surface area (Å²) in [6.45, 7) is 3.73. The second-order valence-corrected chi connectivity index (χ2v) is 5.65. The van der Waals surface area contributed by atoms with E-state index < -0.39 is 10.9 Å². The summed E-state index contributed by atoms with van der Waals surface area (Å²) in [7, 11) is 0. The summed E-state index contributed by atoms with van der Waals surface area (Å²) in [6.07, 6.45) is 0. The number of carboxylic acid groups (broad SMARTS) is 1. The van der Waals surface area contributed by atoms with Crippen molar-refractivity contribution in [3.63, 3.8) is 0 Å². The molecular weight excluding hydrogens is 340 g/mol. The first-order valence-electron chi connectivity index (χ1n) is 6.21. The number of rotatable bonds is 4. The Morgan fingerprint density at radius 1 is 1.33 bits per heavy atom. The van der Waals surface area contributed by atoms with Crippen molar-refractivity contribution in [1.82, 2.24) is 4.57 Å². The molecule has 0 saturated heterocycles. The van der Waals surface area contributed by atoms with Gasteiger partial charge in [0, 0.05) is 23.4 Å². The lowest BCUT2D eigenvalue weighted by molar-refractivity contribution is -0.385. The van der Waals surface area contributed by atoms with Gasteiger partial charge in [0.05, 0.1) is 9.40 Å².